The first-order chi connectivity index (χ1) is 14.5. The molecule has 3 N–H and O–H groups in total. The van der Waals surface area contributed by atoms with Gasteiger partial charge in [-0.1, -0.05) is 25.1 Å². The normalized spacial score (nSPS) is 11.8. The van der Waals surface area contributed by atoms with Crippen LogP contribution in [0.5, 0.6) is 5.75 Å². The van der Waals surface area contributed by atoms with E-state index in [4.69, 9.17) is 0 Å². The molecule has 3 aromatic rings. The molecule has 2 amide bonds. The van der Waals surface area contributed by atoms with Crippen LogP contribution in [0, 0.1) is 0 Å². The van der Waals surface area contributed by atoms with Gasteiger partial charge in [-0.15, -0.1) is 11.3 Å². The van der Waals surface area contributed by atoms with Gasteiger partial charge in [0, 0.05) is 17.4 Å². The Hall–Kier alpha value is -3.16. The molecule has 0 fully saturated rings. The summed E-state index contributed by atoms with van der Waals surface area (Å²) >= 11 is 1.38. The largest absolute Gasteiger partial charge is 0.508 e. The molecule has 0 saturated carbocycles. The lowest BCUT2D eigenvalue weighted by atomic mass is 10.1. The number of nitrogens with one attached hydrogen (secondary N) is 2. The summed E-state index contributed by atoms with van der Waals surface area (Å²) in [6, 6.07) is 17.7. The van der Waals surface area contributed by atoms with E-state index in [1.807, 2.05) is 36.3 Å². The molecule has 0 spiro atoms. The third kappa shape index (κ3) is 5.68. The summed E-state index contributed by atoms with van der Waals surface area (Å²) in [4.78, 5) is 27.3. The van der Waals surface area contributed by atoms with E-state index in [1.165, 1.54) is 11.3 Å². The van der Waals surface area contributed by atoms with Crippen molar-refractivity contribution in [3.05, 3.63) is 76.5 Å². The van der Waals surface area contributed by atoms with E-state index < -0.39 is 0 Å². The molecule has 0 radical (unpaired) electrons. The van der Waals surface area contributed by atoms with E-state index in [0.29, 0.717) is 22.8 Å². The molecule has 1 aromatic heterocycles. The zero-order chi connectivity index (χ0) is 21.5. The number of amides is 2. The number of phenols is 1. The molecule has 0 saturated heterocycles. The smallest absolute Gasteiger partial charge is 0.265 e. The number of nitrogens with zero attached hydrogens (tertiary/aromatic N) is 1. The standard InChI is InChI=1S/C23H25N3O3S/c1-3-26(16(2)17-6-4-7-20(27)14-17)15-22(28)24-18-9-11-19(12-10-18)25-23(29)21-8-5-13-30-21/h4-14,16,27H,3,15H2,1-2H3,(H,24,28)(H,25,29)/t16-/m0/s1. The van der Waals surface area contributed by atoms with E-state index in [2.05, 4.69) is 10.6 Å². The number of rotatable bonds is 8. The highest BCUT2D eigenvalue weighted by Crippen LogP contribution is 2.23. The van der Waals surface area contributed by atoms with Gasteiger partial charge in [-0.05, 0) is 66.9 Å². The maximum atomic E-state index is 12.5. The number of likely N-dealkylation sites (N-methyl/N-ethyl adjacent to an activating group) is 1. The predicted molar refractivity (Wildman–Crippen MR) is 121 cm³/mol. The summed E-state index contributed by atoms with van der Waals surface area (Å²) in [6.45, 7) is 4.93. The predicted octanol–water partition coefficient (Wildman–Crippen LogP) is 4.73. The number of phenolic OH excluding ortho intramolecular Hbond substituents is 1. The lowest BCUT2D eigenvalue weighted by Crippen LogP contribution is -2.35. The monoisotopic (exact) mass is 423 g/mol. The van der Waals surface area contributed by atoms with Crippen molar-refractivity contribution in [1.29, 1.82) is 0 Å². The fourth-order valence-electron chi connectivity index (χ4n) is 3.14. The first-order valence-corrected chi connectivity index (χ1v) is 10.6. The molecule has 6 nitrogen and oxygen atoms in total. The molecular weight excluding hydrogens is 398 g/mol. The highest BCUT2D eigenvalue weighted by atomic mass is 32.1. The molecule has 1 atom stereocenters. The van der Waals surface area contributed by atoms with Crippen LogP contribution in [0.2, 0.25) is 0 Å². The minimum Gasteiger partial charge on any atom is -0.508 e. The van der Waals surface area contributed by atoms with Gasteiger partial charge in [-0.25, -0.2) is 0 Å². The molecule has 156 valence electrons. The Morgan fingerprint density at radius 1 is 1.03 bits per heavy atom. The third-order valence-corrected chi connectivity index (χ3v) is 5.69. The third-order valence-electron chi connectivity index (χ3n) is 4.82. The number of carbonyl (C=O) groups is 2. The molecule has 3 rings (SSSR count). The first-order valence-electron chi connectivity index (χ1n) is 9.74. The highest BCUT2D eigenvalue weighted by Gasteiger charge is 2.18. The Labute approximate surface area is 180 Å². The van der Waals surface area contributed by atoms with Gasteiger partial charge in [0.05, 0.1) is 11.4 Å². The quantitative estimate of drug-likeness (QED) is 0.489. The summed E-state index contributed by atoms with van der Waals surface area (Å²) < 4.78 is 0. The highest BCUT2D eigenvalue weighted by molar-refractivity contribution is 7.12. The van der Waals surface area contributed by atoms with Crippen LogP contribution in [0.15, 0.2) is 66.0 Å². The number of hydrogen-bond acceptors (Lipinski definition) is 5. The topological polar surface area (TPSA) is 81.7 Å². The van der Waals surface area contributed by atoms with E-state index in [1.54, 1.807) is 48.5 Å². The molecular formula is C23H25N3O3S. The van der Waals surface area contributed by atoms with Crippen molar-refractivity contribution in [3.8, 4) is 5.75 Å². The van der Waals surface area contributed by atoms with Gasteiger partial charge in [0.15, 0.2) is 0 Å². The van der Waals surface area contributed by atoms with Gasteiger partial charge < -0.3 is 15.7 Å². The van der Waals surface area contributed by atoms with Crippen LogP contribution >= 0.6 is 11.3 Å². The maximum absolute atomic E-state index is 12.5. The maximum Gasteiger partial charge on any atom is 0.265 e. The molecule has 0 aliphatic carbocycles. The molecule has 0 bridgehead atoms. The summed E-state index contributed by atoms with van der Waals surface area (Å²) in [6.07, 6.45) is 0. The minimum absolute atomic E-state index is 0.0114. The van der Waals surface area contributed by atoms with Gasteiger partial charge in [0.1, 0.15) is 5.75 Å². The van der Waals surface area contributed by atoms with E-state index in [9.17, 15) is 14.7 Å². The molecule has 2 aromatic carbocycles. The molecule has 1 heterocycles. The van der Waals surface area contributed by atoms with Crippen LogP contribution in [-0.2, 0) is 4.79 Å². The molecule has 7 heteroatoms. The van der Waals surface area contributed by atoms with Crippen LogP contribution in [-0.4, -0.2) is 34.9 Å². The van der Waals surface area contributed by atoms with Crippen LogP contribution in [0.3, 0.4) is 0 Å². The van der Waals surface area contributed by atoms with Crippen molar-refractivity contribution in [2.24, 2.45) is 0 Å². The SMILES string of the molecule is CCN(CC(=O)Nc1ccc(NC(=O)c2cccs2)cc1)[C@@H](C)c1cccc(O)c1. The fraction of sp³-hybridized carbons (Fsp3) is 0.217. The number of aromatic hydroxyl groups is 1. The van der Waals surface area contributed by atoms with Crippen molar-refractivity contribution < 1.29 is 14.7 Å². The van der Waals surface area contributed by atoms with Crippen molar-refractivity contribution in [2.75, 3.05) is 23.7 Å². The van der Waals surface area contributed by atoms with Crippen LogP contribution in [0.1, 0.15) is 35.1 Å². The van der Waals surface area contributed by atoms with Crippen LogP contribution in [0.25, 0.3) is 0 Å². The second kappa shape index (κ2) is 10.0. The van der Waals surface area contributed by atoms with Gasteiger partial charge in [-0.3, -0.25) is 14.5 Å². The Balaban J connectivity index is 1.56. The molecule has 0 unspecified atom stereocenters. The second-order valence-corrected chi connectivity index (χ2v) is 7.84. The van der Waals surface area contributed by atoms with Gasteiger partial charge in [0.2, 0.25) is 5.91 Å². The Morgan fingerprint density at radius 3 is 2.33 bits per heavy atom. The average Bonchev–Trinajstić information content (AvgIpc) is 3.28. The Bertz CT molecular complexity index is 987. The Kier molecular flexibility index (Phi) is 7.21. The van der Waals surface area contributed by atoms with Crippen LogP contribution in [0.4, 0.5) is 11.4 Å². The van der Waals surface area contributed by atoms with Crippen molar-refractivity contribution in [2.45, 2.75) is 19.9 Å². The number of thiophene rings is 1. The number of anilines is 2. The average molecular weight is 424 g/mol. The second-order valence-electron chi connectivity index (χ2n) is 6.89. The summed E-state index contributed by atoms with van der Waals surface area (Å²) in [5.74, 6) is -0.0633. The first kappa shape index (κ1) is 21.5. The Morgan fingerprint density at radius 2 is 1.73 bits per heavy atom. The van der Waals surface area contributed by atoms with Crippen molar-refractivity contribution >= 4 is 34.5 Å². The number of hydrogen-bond donors (Lipinski definition) is 3. The van der Waals surface area contributed by atoms with E-state index in [0.717, 1.165) is 5.56 Å². The molecule has 0 aliphatic rings. The van der Waals surface area contributed by atoms with Gasteiger partial charge in [-0.2, -0.15) is 0 Å². The van der Waals surface area contributed by atoms with Crippen LogP contribution < -0.4 is 10.6 Å². The van der Waals surface area contributed by atoms with E-state index in [-0.39, 0.29) is 30.2 Å². The fourth-order valence-corrected chi connectivity index (χ4v) is 3.76. The zero-order valence-corrected chi connectivity index (χ0v) is 17.8. The lowest BCUT2D eigenvalue weighted by molar-refractivity contribution is -0.117. The number of carbonyl (C=O) groups excluding carboxylic acids is 2. The lowest BCUT2D eigenvalue weighted by Gasteiger charge is -2.27. The van der Waals surface area contributed by atoms with Gasteiger partial charge in [0.25, 0.3) is 5.91 Å². The summed E-state index contributed by atoms with van der Waals surface area (Å²) in [5.41, 5.74) is 2.28. The molecule has 30 heavy (non-hydrogen) atoms. The summed E-state index contributed by atoms with van der Waals surface area (Å²) in [7, 11) is 0. The van der Waals surface area contributed by atoms with Crippen molar-refractivity contribution in [1.82, 2.24) is 4.90 Å². The minimum atomic E-state index is -0.152. The number of benzene rings is 2. The summed E-state index contributed by atoms with van der Waals surface area (Å²) in [5, 5.41) is 17.3. The molecule has 0 aliphatic heterocycles. The zero-order valence-electron chi connectivity index (χ0n) is 17.0. The van der Waals surface area contributed by atoms with Gasteiger partial charge >= 0.3 is 0 Å². The van der Waals surface area contributed by atoms with Crippen molar-refractivity contribution in [3.63, 3.8) is 0 Å². The van der Waals surface area contributed by atoms with E-state index >= 15 is 0 Å².